The molecular weight excluding hydrogens is 462 g/mol. The summed E-state index contributed by atoms with van der Waals surface area (Å²) in [6, 6.07) is 11.9. The molecule has 1 heterocycles. The summed E-state index contributed by atoms with van der Waals surface area (Å²) in [6.07, 6.45) is 3.78. The highest BCUT2D eigenvalue weighted by molar-refractivity contribution is 7.89. The Morgan fingerprint density at radius 3 is 1.85 bits per heavy atom. The Kier molecular flexibility index (Phi) is 8.28. The van der Waals surface area contributed by atoms with Gasteiger partial charge >= 0.3 is 0 Å². The van der Waals surface area contributed by atoms with Gasteiger partial charge in [0, 0.05) is 37.4 Å². The fourth-order valence-corrected chi connectivity index (χ4v) is 6.81. The third kappa shape index (κ3) is 5.81. The molecule has 1 N–H and O–H groups in total. The largest absolute Gasteiger partial charge is 0.322 e. The van der Waals surface area contributed by atoms with Gasteiger partial charge in [0.25, 0.3) is 5.91 Å². The zero-order valence-corrected chi connectivity index (χ0v) is 20.7. The summed E-state index contributed by atoms with van der Waals surface area (Å²) < 4.78 is 53.8. The van der Waals surface area contributed by atoms with Crippen molar-refractivity contribution in [2.75, 3.05) is 31.5 Å². The van der Waals surface area contributed by atoms with Crippen LogP contribution >= 0.6 is 0 Å². The average molecular weight is 494 g/mol. The van der Waals surface area contributed by atoms with E-state index in [9.17, 15) is 21.6 Å². The average Bonchev–Trinajstić information content (AvgIpc) is 3.10. The molecule has 3 rings (SSSR count). The maximum Gasteiger partial charge on any atom is 0.255 e. The maximum atomic E-state index is 12.9. The predicted octanol–water partition coefficient (Wildman–Crippen LogP) is 3.53. The Bertz CT molecular complexity index is 1150. The van der Waals surface area contributed by atoms with Crippen LogP contribution in [0.3, 0.4) is 0 Å². The smallest absolute Gasteiger partial charge is 0.255 e. The molecule has 0 aromatic heterocycles. The van der Waals surface area contributed by atoms with E-state index in [0.717, 1.165) is 25.7 Å². The van der Waals surface area contributed by atoms with Gasteiger partial charge in [-0.2, -0.15) is 8.61 Å². The molecule has 0 saturated carbocycles. The minimum atomic E-state index is -3.58. The molecule has 33 heavy (non-hydrogen) atoms. The third-order valence-corrected chi connectivity index (χ3v) is 9.75. The van der Waals surface area contributed by atoms with Gasteiger partial charge in [-0.1, -0.05) is 26.7 Å². The lowest BCUT2D eigenvalue weighted by Crippen LogP contribution is -2.31. The van der Waals surface area contributed by atoms with Crippen molar-refractivity contribution >= 4 is 31.6 Å². The van der Waals surface area contributed by atoms with Gasteiger partial charge in [-0.15, -0.1) is 0 Å². The Hall–Kier alpha value is -2.27. The number of hydrogen-bond acceptors (Lipinski definition) is 5. The highest BCUT2D eigenvalue weighted by Gasteiger charge is 2.25. The molecule has 10 heteroatoms. The van der Waals surface area contributed by atoms with Crippen molar-refractivity contribution < 1.29 is 21.6 Å². The van der Waals surface area contributed by atoms with Crippen LogP contribution in [0.4, 0.5) is 5.69 Å². The fourth-order valence-electron chi connectivity index (χ4n) is 3.84. The zero-order chi connectivity index (χ0) is 24.1. The molecule has 180 valence electrons. The van der Waals surface area contributed by atoms with Crippen molar-refractivity contribution in [3.63, 3.8) is 0 Å². The van der Waals surface area contributed by atoms with Crippen molar-refractivity contribution in [3.8, 4) is 0 Å². The molecule has 8 nitrogen and oxygen atoms in total. The number of carbonyl (C=O) groups excluding carboxylic acids is 1. The topological polar surface area (TPSA) is 104 Å². The normalized spacial score (nSPS) is 15.8. The van der Waals surface area contributed by atoms with E-state index in [4.69, 9.17) is 0 Å². The van der Waals surface area contributed by atoms with Crippen LogP contribution in [0.5, 0.6) is 0 Å². The number of sulfonamides is 2. The zero-order valence-electron chi connectivity index (χ0n) is 19.0. The van der Waals surface area contributed by atoms with Crippen molar-refractivity contribution in [3.05, 3.63) is 54.1 Å². The van der Waals surface area contributed by atoms with Gasteiger partial charge in [0.1, 0.15) is 0 Å². The lowest BCUT2D eigenvalue weighted by atomic mass is 10.2. The van der Waals surface area contributed by atoms with Crippen LogP contribution in [-0.4, -0.2) is 57.5 Å². The second-order valence-electron chi connectivity index (χ2n) is 7.91. The number of hydrogen-bond donors (Lipinski definition) is 1. The summed E-state index contributed by atoms with van der Waals surface area (Å²) in [5, 5.41) is 2.72. The van der Waals surface area contributed by atoms with Crippen molar-refractivity contribution in [1.82, 2.24) is 8.61 Å². The van der Waals surface area contributed by atoms with Crippen molar-refractivity contribution in [2.24, 2.45) is 0 Å². The lowest BCUT2D eigenvalue weighted by molar-refractivity contribution is 0.102. The standard InChI is InChI=1S/C23H31N3O5S2/c1-3-25(4-2)32(28,29)22-15-11-20(12-16-22)24-23(27)19-9-13-21(14-10-19)33(30,31)26-17-7-5-6-8-18-26/h9-16H,3-8,17-18H2,1-2H3,(H,24,27). The summed E-state index contributed by atoms with van der Waals surface area (Å²) in [5.41, 5.74) is 0.754. The van der Waals surface area contributed by atoms with Crippen LogP contribution in [0, 0.1) is 0 Å². The van der Waals surface area contributed by atoms with Crippen molar-refractivity contribution in [1.29, 1.82) is 0 Å². The summed E-state index contributed by atoms with van der Waals surface area (Å²) >= 11 is 0. The molecule has 0 spiro atoms. The van der Waals surface area contributed by atoms with Gasteiger partial charge in [0.15, 0.2) is 0 Å². The molecule has 2 aromatic rings. The molecule has 0 aliphatic carbocycles. The van der Waals surface area contributed by atoms with Gasteiger partial charge in [-0.25, -0.2) is 16.8 Å². The number of rotatable bonds is 8. The van der Waals surface area contributed by atoms with Crippen LogP contribution in [0.25, 0.3) is 0 Å². The van der Waals surface area contributed by atoms with E-state index in [2.05, 4.69) is 5.32 Å². The van der Waals surface area contributed by atoms with Crippen molar-refractivity contribution in [2.45, 2.75) is 49.3 Å². The first kappa shape index (κ1) is 25.4. The second kappa shape index (κ2) is 10.8. The van der Waals surface area contributed by atoms with E-state index in [1.807, 2.05) is 0 Å². The Balaban J connectivity index is 1.70. The molecule has 1 amide bonds. The number of carbonyl (C=O) groups is 1. The van der Waals surface area contributed by atoms with E-state index in [1.165, 1.54) is 57.1 Å². The van der Waals surface area contributed by atoms with Gasteiger partial charge in [-0.3, -0.25) is 4.79 Å². The number of benzene rings is 2. The van der Waals surface area contributed by atoms with Gasteiger partial charge in [0.2, 0.25) is 20.0 Å². The Morgan fingerprint density at radius 2 is 1.33 bits per heavy atom. The molecular formula is C23H31N3O5S2. The predicted molar refractivity (Wildman–Crippen MR) is 128 cm³/mol. The van der Waals surface area contributed by atoms with Gasteiger partial charge < -0.3 is 5.32 Å². The van der Waals surface area contributed by atoms with Crippen LogP contribution in [0.2, 0.25) is 0 Å². The van der Waals surface area contributed by atoms with E-state index in [0.29, 0.717) is 37.4 Å². The van der Waals surface area contributed by atoms with Crippen LogP contribution in [-0.2, 0) is 20.0 Å². The van der Waals surface area contributed by atoms with E-state index < -0.39 is 26.0 Å². The monoisotopic (exact) mass is 493 g/mol. The molecule has 2 aromatic carbocycles. The first-order valence-corrected chi connectivity index (χ1v) is 14.1. The van der Waals surface area contributed by atoms with Gasteiger partial charge in [-0.05, 0) is 61.4 Å². The molecule has 1 saturated heterocycles. The molecule has 1 aliphatic heterocycles. The first-order chi connectivity index (χ1) is 15.7. The SMILES string of the molecule is CCN(CC)S(=O)(=O)c1ccc(NC(=O)c2ccc(S(=O)(=O)N3CCCCCC3)cc2)cc1. The molecule has 0 atom stereocenters. The number of amides is 1. The highest BCUT2D eigenvalue weighted by Crippen LogP contribution is 2.22. The van der Waals surface area contributed by atoms with Crippen LogP contribution in [0.1, 0.15) is 49.9 Å². The van der Waals surface area contributed by atoms with E-state index in [-0.39, 0.29) is 9.79 Å². The quantitative estimate of drug-likeness (QED) is 0.606. The first-order valence-electron chi connectivity index (χ1n) is 11.2. The summed E-state index contributed by atoms with van der Waals surface area (Å²) in [5.74, 6) is -0.409. The minimum absolute atomic E-state index is 0.160. The number of nitrogens with one attached hydrogen (secondary N) is 1. The van der Waals surface area contributed by atoms with Crippen LogP contribution < -0.4 is 5.32 Å². The Morgan fingerprint density at radius 1 is 0.818 bits per heavy atom. The highest BCUT2D eigenvalue weighted by atomic mass is 32.2. The Labute approximate surface area is 196 Å². The molecule has 1 fully saturated rings. The van der Waals surface area contributed by atoms with Crippen LogP contribution in [0.15, 0.2) is 58.3 Å². The number of anilines is 1. The van der Waals surface area contributed by atoms with E-state index in [1.54, 1.807) is 13.8 Å². The fraction of sp³-hybridized carbons (Fsp3) is 0.435. The molecule has 0 unspecified atom stereocenters. The van der Waals surface area contributed by atoms with Gasteiger partial charge in [0.05, 0.1) is 9.79 Å². The molecule has 0 radical (unpaired) electrons. The van der Waals surface area contributed by atoms with E-state index >= 15 is 0 Å². The summed E-state index contributed by atoms with van der Waals surface area (Å²) in [7, 11) is -7.15. The lowest BCUT2D eigenvalue weighted by Gasteiger charge is -2.20. The summed E-state index contributed by atoms with van der Waals surface area (Å²) in [4.78, 5) is 12.9. The second-order valence-corrected chi connectivity index (χ2v) is 11.8. The molecule has 1 aliphatic rings. The number of nitrogens with zero attached hydrogens (tertiary/aromatic N) is 2. The third-order valence-electron chi connectivity index (χ3n) is 5.77. The maximum absolute atomic E-state index is 12.9. The molecule has 0 bridgehead atoms. The summed E-state index contributed by atoms with van der Waals surface area (Å²) in [6.45, 7) is 5.34. The minimum Gasteiger partial charge on any atom is -0.322 e.